The van der Waals surface area contributed by atoms with Crippen molar-refractivity contribution in [1.82, 2.24) is 5.16 Å². The van der Waals surface area contributed by atoms with E-state index in [1.54, 1.807) is 0 Å². The molecule has 0 bridgehead atoms. The maximum atomic E-state index is 4.88. The molecule has 0 aliphatic heterocycles. The van der Waals surface area contributed by atoms with Crippen LogP contribution in [0, 0.1) is 0 Å². The van der Waals surface area contributed by atoms with E-state index in [2.05, 4.69) is 37.0 Å². The Balaban J connectivity index is 2.61. The summed E-state index contributed by atoms with van der Waals surface area (Å²) in [7, 11) is 0. The van der Waals surface area contributed by atoms with E-state index in [9.17, 15) is 0 Å². The smallest absolute Gasteiger partial charge is 0.149 e. The second-order valence-electron chi connectivity index (χ2n) is 1.55. The predicted octanol–water partition coefficient (Wildman–Crippen LogP) is 2.37. The third-order valence-corrected chi connectivity index (χ3v) is 1.64. The van der Waals surface area contributed by atoms with Crippen LogP contribution in [-0.4, -0.2) is 10.5 Å². The Morgan fingerprint density at radius 2 is 2.44 bits per heavy atom. The van der Waals surface area contributed by atoms with E-state index in [4.69, 9.17) is 4.52 Å². The summed E-state index contributed by atoms with van der Waals surface area (Å²) in [5.41, 5.74) is 0. The molecule has 0 spiro atoms. The van der Waals surface area contributed by atoms with Crippen molar-refractivity contribution in [2.75, 3.05) is 5.33 Å². The van der Waals surface area contributed by atoms with Gasteiger partial charge in [-0.05, 0) is 15.9 Å². The Morgan fingerprint density at radius 1 is 1.67 bits per heavy atom. The molecule has 0 aromatic carbocycles. The number of alkyl halides is 1. The zero-order chi connectivity index (χ0) is 6.69. The minimum absolute atomic E-state index is 0.762. The molecule has 0 saturated heterocycles. The monoisotopic (exact) mass is 253 g/mol. The fourth-order valence-electron chi connectivity index (χ4n) is 0.499. The Morgan fingerprint density at radius 3 is 2.89 bits per heavy atom. The molecule has 0 unspecified atom stereocenters. The van der Waals surface area contributed by atoms with Gasteiger partial charge in [0.2, 0.25) is 0 Å². The average molecular weight is 255 g/mol. The Labute approximate surface area is 69.9 Å². The van der Waals surface area contributed by atoms with Crippen LogP contribution in [0.3, 0.4) is 0 Å². The number of aromatic nitrogens is 1. The molecule has 0 saturated carbocycles. The molecule has 0 radical (unpaired) electrons. The quantitative estimate of drug-likeness (QED) is 0.758. The summed E-state index contributed by atoms with van der Waals surface area (Å²) in [5, 5.41) is 4.57. The van der Waals surface area contributed by atoms with Gasteiger partial charge in [-0.15, -0.1) is 0 Å². The fraction of sp³-hybridized carbons (Fsp3) is 0.400. The van der Waals surface area contributed by atoms with Crippen LogP contribution in [0.25, 0.3) is 0 Å². The van der Waals surface area contributed by atoms with E-state index in [0.29, 0.717) is 0 Å². The molecular formula is C5H5Br2NO. The zero-order valence-corrected chi connectivity index (χ0v) is 7.77. The van der Waals surface area contributed by atoms with Crippen LogP contribution in [0.2, 0.25) is 0 Å². The summed E-state index contributed by atoms with van der Waals surface area (Å²) in [6.45, 7) is 0. The number of aryl methyl sites for hydroxylation is 1. The molecule has 0 amide bonds. The predicted molar refractivity (Wildman–Crippen MR) is 41.7 cm³/mol. The third kappa shape index (κ3) is 2.10. The summed E-state index contributed by atoms with van der Waals surface area (Å²) < 4.78 is 5.64. The van der Waals surface area contributed by atoms with Crippen molar-refractivity contribution in [2.45, 2.75) is 6.42 Å². The number of rotatable bonds is 2. The Hall–Kier alpha value is 0.170. The van der Waals surface area contributed by atoms with Crippen LogP contribution in [-0.2, 0) is 6.42 Å². The highest BCUT2D eigenvalue weighted by molar-refractivity contribution is 9.10. The van der Waals surface area contributed by atoms with E-state index >= 15 is 0 Å². The van der Waals surface area contributed by atoms with Crippen molar-refractivity contribution >= 4 is 31.9 Å². The standard InChI is InChI=1S/C5H5Br2NO/c6-2-1-4-3-5(7)8-9-4/h3H,1-2H2. The highest BCUT2D eigenvalue weighted by Gasteiger charge is 1.98. The van der Waals surface area contributed by atoms with Crippen LogP contribution < -0.4 is 0 Å². The van der Waals surface area contributed by atoms with Gasteiger partial charge in [0.05, 0.1) is 0 Å². The normalized spacial score (nSPS) is 10.0. The molecule has 2 nitrogen and oxygen atoms in total. The molecule has 0 aliphatic rings. The van der Waals surface area contributed by atoms with Crippen molar-refractivity contribution in [3.05, 3.63) is 16.4 Å². The molecule has 1 aromatic rings. The van der Waals surface area contributed by atoms with Gasteiger partial charge in [-0.25, -0.2) is 0 Å². The first-order valence-corrected chi connectivity index (χ1v) is 4.41. The Bertz CT molecular complexity index is 187. The summed E-state index contributed by atoms with van der Waals surface area (Å²) in [6.07, 6.45) is 0.888. The lowest BCUT2D eigenvalue weighted by Crippen LogP contribution is -1.78. The van der Waals surface area contributed by atoms with Gasteiger partial charge in [0, 0.05) is 17.8 Å². The molecule has 1 heterocycles. The Kier molecular flexibility index (Phi) is 2.72. The minimum Gasteiger partial charge on any atom is -0.360 e. The van der Waals surface area contributed by atoms with E-state index in [1.807, 2.05) is 6.07 Å². The van der Waals surface area contributed by atoms with Crippen molar-refractivity contribution < 1.29 is 4.52 Å². The van der Waals surface area contributed by atoms with Crippen LogP contribution in [0.5, 0.6) is 0 Å². The van der Waals surface area contributed by atoms with Gasteiger partial charge >= 0.3 is 0 Å². The maximum Gasteiger partial charge on any atom is 0.149 e. The molecule has 0 aliphatic carbocycles. The van der Waals surface area contributed by atoms with Gasteiger partial charge in [0.25, 0.3) is 0 Å². The van der Waals surface area contributed by atoms with Crippen molar-refractivity contribution in [3.8, 4) is 0 Å². The van der Waals surface area contributed by atoms with E-state index < -0.39 is 0 Å². The van der Waals surface area contributed by atoms with Gasteiger partial charge in [0.1, 0.15) is 10.4 Å². The number of hydrogen-bond donors (Lipinski definition) is 0. The topological polar surface area (TPSA) is 26.0 Å². The molecule has 1 aromatic heterocycles. The summed E-state index contributed by atoms with van der Waals surface area (Å²) in [5.74, 6) is 0.902. The largest absolute Gasteiger partial charge is 0.360 e. The second kappa shape index (κ2) is 3.37. The van der Waals surface area contributed by atoms with Gasteiger partial charge in [-0.2, -0.15) is 0 Å². The lowest BCUT2D eigenvalue weighted by atomic mass is 10.4. The summed E-state index contributed by atoms with van der Waals surface area (Å²) >= 11 is 6.47. The summed E-state index contributed by atoms with van der Waals surface area (Å²) in [4.78, 5) is 0. The number of nitrogens with zero attached hydrogens (tertiary/aromatic N) is 1. The molecule has 0 atom stereocenters. The molecule has 0 fully saturated rings. The lowest BCUT2D eigenvalue weighted by Gasteiger charge is -1.82. The van der Waals surface area contributed by atoms with E-state index in [1.165, 1.54) is 0 Å². The first-order valence-electron chi connectivity index (χ1n) is 2.50. The molecule has 9 heavy (non-hydrogen) atoms. The number of hydrogen-bond acceptors (Lipinski definition) is 2. The first kappa shape index (κ1) is 7.28. The van der Waals surface area contributed by atoms with Gasteiger partial charge < -0.3 is 4.52 Å². The highest BCUT2D eigenvalue weighted by atomic mass is 79.9. The average Bonchev–Trinajstić information content (AvgIpc) is 2.17. The van der Waals surface area contributed by atoms with Crippen LogP contribution >= 0.6 is 31.9 Å². The van der Waals surface area contributed by atoms with Crippen molar-refractivity contribution in [3.63, 3.8) is 0 Å². The van der Waals surface area contributed by atoms with E-state index in [0.717, 1.165) is 22.1 Å². The lowest BCUT2D eigenvalue weighted by molar-refractivity contribution is 0.384. The SMILES string of the molecule is BrCCc1cc(Br)no1. The number of halogens is 2. The van der Waals surface area contributed by atoms with Crippen LogP contribution in [0.15, 0.2) is 15.2 Å². The minimum atomic E-state index is 0.762. The maximum absolute atomic E-state index is 4.88. The zero-order valence-electron chi connectivity index (χ0n) is 4.60. The first-order chi connectivity index (χ1) is 4.33. The highest BCUT2D eigenvalue weighted by Crippen LogP contribution is 2.10. The van der Waals surface area contributed by atoms with Crippen molar-refractivity contribution in [1.29, 1.82) is 0 Å². The van der Waals surface area contributed by atoms with Crippen LogP contribution in [0.4, 0.5) is 0 Å². The van der Waals surface area contributed by atoms with Crippen LogP contribution in [0.1, 0.15) is 5.76 Å². The molecule has 0 N–H and O–H groups in total. The summed E-state index contributed by atoms with van der Waals surface area (Å²) in [6, 6.07) is 1.86. The third-order valence-electron chi connectivity index (χ3n) is 0.871. The van der Waals surface area contributed by atoms with E-state index in [-0.39, 0.29) is 0 Å². The second-order valence-corrected chi connectivity index (χ2v) is 3.16. The van der Waals surface area contributed by atoms with Crippen molar-refractivity contribution in [2.24, 2.45) is 0 Å². The fourth-order valence-corrected chi connectivity index (χ4v) is 1.22. The molecule has 1 rings (SSSR count). The molecule has 50 valence electrons. The van der Waals surface area contributed by atoms with Gasteiger partial charge in [0.15, 0.2) is 0 Å². The molecule has 4 heteroatoms. The molecular weight excluding hydrogens is 250 g/mol. The van der Waals surface area contributed by atoms with Gasteiger partial charge in [-0.1, -0.05) is 21.1 Å². The van der Waals surface area contributed by atoms with Gasteiger partial charge in [-0.3, -0.25) is 0 Å².